The largest absolute Gasteiger partial charge is 0.381 e. The van der Waals surface area contributed by atoms with E-state index in [1.807, 2.05) is 0 Å². The number of thiophene rings is 1. The van der Waals surface area contributed by atoms with Gasteiger partial charge in [0.15, 0.2) is 0 Å². The van der Waals surface area contributed by atoms with Gasteiger partial charge in [0.05, 0.1) is 3.79 Å². The maximum absolute atomic E-state index is 5.31. The quantitative estimate of drug-likeness (QED) is 0.916. The first-order chi connectivity index (χ1) is 6.84. The van der Waals surface area contributed by atoms with Gasteiger partial charge in [0, 0.05) is 25.8 Å². The van der Waals surface area contributed by atoms with Gasteiger partial charge in [-0.2, -0.15) is 0 Å². The molecule has 0 atom stereocenters. The second kappa shape index (κ2) is 5.26. The molecule has 0 bridgehead atoms. The maximum atomic E-state index is 5.31. The summed E-state index contributed by atoms with van der Waals surface area (Å²) in [4.78, 5) is 0. The highest BCUT2D eigenvalue weighted by atomic mass is 79.9. The molecule has 4 heteroatoms. The van der Waals surface area contributed by atoms with Gasteiger partial charge in [-0.15, -0.1) is 11.3 Å². The van der Waals surface area contributed by atoms with E-state index in [0.717, 1.165) is 32.6 Å². The van der Waals surface area contributed by atoms with Gasteiger partial charge in [-0.1, -0.05) is 0 Å². The average molecular weight is 276 g/mol. The Labute approximate surface area is 96.8 Å². The number of halogens is 1. The van der Waals surface area contributed by atoms with Gasteiger partial charge in [0.25, 0.3) is 0 Å². The molecule has 0 amide bonds. The molecule has 0 saturated carbocycles. The van der Waals surface area contributed by atoms with Gasteiger partial charge in [-0.3, -0.25) is 0 Å². The summed E-state index contributed by atoms with van der Waals surface area (Å²) in [7, 11) is 0. The second-order valence-electron chi connectivity index (χ2n) is 3.53. The lowest BCUT2D eigenvalue weighted by Crippen LogP contribution is -2.34. The summed E-state index contributed by atoms with van der Waals surface area (Å²) < 4.78 is 6.52. The predicted octanol–water partition coefficient (Wildman–Crippen LogP) is 2.78. The molecule has 1 aliphatic heterocycles. The van der Waals surface area contributed by atoms with E-state index >= 15 is 0 Å². The van der Waals surface area contributed by atoms with Gasteiger partial charge in [-0.25, -0.2) is 0 Å². The van der Waals surface area contributed by atoms with Crippen molar-refractivity contribution >= 4 is 27.3 Å². The topological polar surface area (TPSA) is 21.3 Å². The zero-order chi connectivity index (χ0) is 9.80. The average Bonchev–Trinajstić information content (AvgIpc) is 2.63. The molecule has 1 aliphatic rings. The van der Waals surface area contributed by atoms with Gasteiger partial charge in [-0.05, 0) is 45.8 Å². The predicted molar refractivity (Wildman–Crippen MR) is 62.7 cm³/mol. The van der Waals surface area contributed by atoms with Gasteiger partial charge in [0.2, 0.25) is 0 Å². The summed E-state index contributed by atoms with van der Waals surface area (Å²) >= 11 is 5.21. The lowest BCUT2D eigenvalue weighted by Gasteiger charge is -2.22. The third kappa shape index (κ3) is 3.05. The molecule has 1 aromatic rings. The zero-order valence-electron chi connectivity index (χ0n) is 7.96. The van der Waals surface area contributed by atoms with Crippen LogP contribution in [0.1, 0.15) is 18.4 Å². The van der Waals surface area contributed by atoms with Crippen LogP contribution in [0.2, 0.25) is 0 Å². The first kappa shape index (κ1) is 10.6. The molecule has 2 rings (SSSR count). The molecule has 0 unspecified atom stereocenters. The Morgan fingerprint density at radius 3 is 2.93 bits per heavy atom. The van der Waals surface area contributed by atoms with Crippen LogP contribution in [0.25, 0.3) is 0 Å². The Hall–Kier alpha value is 0.1000. The Bertz CT molecular complexity index is 283. The van der Waals surface area contributed by atoms with E-state index < -0.39 is 0 Å². The summed E-state index contributed by atoms with van der Waals surface area (Å²) in [6, 6.07) is 2.82. The fourth-order valence-corrected chi connectivity index (χ4v) is 2.81. The molecule has 2 nitrogen and oxygen atoms in total. The highest BCUT2D eigenvalue weighted by Gasteiger charge is 2.12. The minimum absolute atomic E-state index is 0.641. The van der Waals surface area contributed by atoms with Crippen LogP contribution in [-0.4, -0.2) is 19.3 Å². The van der Waals surface area contributed by atoms with Crippen LogP contribution in [0.3, 0.4) is 0 Å². The molecule has 1 saturated heterocycles. The number of hydrogen-bond donors (Lipinski definition) is 1. The Morgan fingerprint density at radius 2 is 2.29 bits per heavy atom. The van der Waals surface area contributed by atoms with Crippen LogP contribution >= 0.6 is 27.3 Å². The van der Waals surface area contributed by atoms with Crippen molar-refractivity contribution in [1.29, 1.82) is 0 Å². The van der Waals surface area contributed by atoms with E-state index in [1.54, 1.807) is 11.3 Å². The fourth-order valence-electron chi connectivity index (χ4n) is 1.60. The lowest BCUT2D eigenvalue weighted by atomic mass is 10.1. The van der Waals surface area contributed by atoms with Crippen LogP contribution < -0.4 is 5.32 Å². The first-order valence-electron chi connectivity index (χ1n) is 4.88. The molecule has 0 spiro atoms. The van der Waals surface area contributed by atoms with Crippen molar-refractivity contribution in [2.45, 2.75) is 25.4 Å². The lowest BCUT2D eigenvalue weighted by molar-refractivity contribution is 0.0776. The molecule has 1 aromatic heterocycles. The third-order valence-corrected chi connectivity index (χ3v) is 3.99. The summed E-state index contributed by atoms with van der Waals surface area (Å²) in [5.41, 5.74) is 1.37. The first-order valence-corrected chi connectivity index (χ1v) is 6.56. The van der Waals surface area contributed by atoms with E-state index in [2.05, 4.69) is 32.7 Å². The van der Waals surface area contributed by atoms with Crippen molar-refractivity contribution in [1.82, 2.24) is 5.32 Å². The SMILES string of the molecule is Brc1cc(CNC2CCOCC2)cs1. The van der Waals surface area contributed by atoms with Crippen molar-refractivity contribution in [2.24, 2.45) is 0 Å². The van der Waals surface area contributed by atoms with E-state index in [1.165, 1.54) is 9.35 Å². The molecule has 78 valence electrons. The molecule has 0 aliphatic carbocycles. The zero-order valence-corrected chi connectivity index (χ0v) is 10.4. The van der Waals surface area contributed by atoms with E-state index in [9.17, 15) is 0 Å². The highest BCUT2D eigenvalue weighted by Crippen LogP contribution is 2.20. The molecule has 2 heterocycles. The van der Waals surface area contributed by atoms with E-state index in [0.29, 0.717) is 6.04 Å². The molecule has 0 aromatic carbocycles. The molecule has 0 radical (unpaired) electrons. The molecule has 14 heavy (non-hydrogen) atoms. The van der Waals surface area contributed by atoms with E-state index in [4.69, 9.17) is 4.74 Å². The minimum atomic E-state index is 0.641. The van der Waals surface area contributed by atoms with Crippen LogP contribution in [0.15, 0.2) is 15.2 Å². The number of ether oxygens (including phenoxy) is 1. The summed E-state index contributed by atoms with van der Waals surface area (Å²) in [6.07, 6.45) is 2.29. The maximum Gasteiger partial charge on any atom is 0.0701 e. The number of rotatable bonds is 3. The fraction of sp³-hybridized carbons (Fsp3) is 0.600. The van der Waals surface area contributed by atoms with Crippen molar-refractivity contribution in [3.05, 3.63) is 20.8 Å². The molecular weight excluding hydrogens is 262 g/mol. The van der Waals surface area contributed by atoms with Gasteiger partial charge < -0.3 is 10.1 Å². The van der Waals surface area contributed by atoms with Crippen molar-refractivity contribution in [3.8, 4) is 0 Å². The van der Waals surface area contributed by atoms with Crippen molar-refractivity contribution in [3.63, 3.8) is 0 Å². The van der Waals surface area contributed by atoms with Crippen LogP contribution in [-0.2, 0) is 11.3 Å². The van der Waals surface area contributed by atoms with Crippen molar-refractivity contribution < 1.29 is 4.74 Å². The molecule has 1 N–H and O–H groups in total. The monoisotopic (exact) mass is 275 g/mol. The summed E-state index contributed by atoms with van der Waals surface area (Å²) in [5.74, 6) is 0. The highest BCUT2D eigenvalue weighted by molar-refractivity contribution is 9.11. The number of hydrogen-bond acceptors (Lipinski definition) is 3. The van der Waals surface area contributed by atoms with Crippen LogP contribution in [0.5, 0.6) is 0 Å². The third-order valence-electron chi connectivity index (χ3n) is 2.44. The summed E-state index contributed by atoms with van der Waals surface area (Å²) in [6.45, 7) is 2.79. The minimum Gasteiger partial charge on any atom is -0.381 e. The van der Waals surface area contributed by atoms with Crippen molar-refractivity contribution in [2.75, 3.05) is 13.2 Å². The smallest absolute Gasteiger partial charge is 0.0701 e. The van der Waals surface area contributed by atoms with Gasteiger partial charge >= 0.3 is 0 Å². The summed E-state index contributed by atoms with van der Waals surface area (Å²) in [5, 5.41) is 5.75. The number of nitrogens with one attached hydrogen (secondary N) is 1. The Balaban J connectivity index is 1.76. The second-order valence-corrected chi connectivity index (χ2v) is 5.82. The van der Waals surface area contributed by atoms with E-state index in [-0.39, 0.29) is 0 Å². The molecule has 1 fully saturated rings. The van der Waals surface area contributed by atoms with Crippen LogP contribution in [0, 0.1) is 0 Å². The normalized spacial score (nSPS) is 18.6. The Kier molecular flexibility index (Phi) is 3.99. The standard InChI is InChI=1S/C10H14BrNOS/c11-10-5-8(7-14-10)6-12-9-1-3-13-4-2-9/h5,7,9,12H,1-4,6H2. The van der Waals surface area contributed by atoms with Gasteiger partial charge in [0.1, 0.15) is 0 Å². The Morgan fingerprint density at radius 1 is 1.50 bits per heavy atom. The van der Waals surface area contributed by atoms with Crippen LogP contribution in [0.4, 0.5) is 0 Å². The molecular formula is C10H14BrNOS.